The van der Waals surface area contributed by atoms with E-state index in [0.717, 1.165) is 46.5 Å². The van der Waals surface area contributed by atoms with Gasteiger partial charge in [-0.2, -0.15) is 0 Å². The largest absolute Gasteiger partial charge is 0.458 e. The number of aromatic nitrogens is 2. The third-order valence-corrected chi connectivity index (χ3v) is 4.45. The molecule has 4 rings (SSSR count). The standard InChI is InChI=1S/C18H19N3O.2ClH/c1-12-6-13(10-19-9-12)14-7-17-15(20-11-14)8-18(22-17)16-4-3-5-21(16)2;;/h6-11,16H,3-5H2,1-2H3;2*1H/t16-;;/m1../s1. The first kappa shape index (κ1) is 18.7. The van der Waals surface area contributed by atoms with Crippen LogP contribution in [0.2, 0.25) is 0 Å². The van der Waals surface area contributed by atoms with Crippen molar-refractivity contribution in [1.82, 2.24) is 14.9 Å². The van der Waals surface area contributed by atoms with Crippen molar-refractivity contribution >= 4 is 35.9 Å². The lowest BCUT2D eigenvalue weighted by Crippen LogP contribution is -2.16. The Labute approximate surface area is 154 Å². The number of hydrogen-bond donors (Lipinski definition) is 0. The molecule has 1 atom stereocenters. The average Bonchev–Trinajstić information content (AvgIpc) is 3.11. The number of aryl methyl sites for hydroxylation is 1. The summed E-state index contributed by atoms with van der Waals surface area (Å²) < 4.78 is 6.09. The molecule has 4 nitrogen and oxygen atoms in total. The summed E-state index contributed by atoms with van der Waals surface area (Å²) in [6.45, 7) is 3.18. The molecule has 0 radical (unpaired) electrons. The van der Waals surface area contributed by atoms with E-state index in [2.05, 4.69) is 40.1 Å². The molecule has 3 aromatic heterocycles. The van der Waals surface area contributed by atoms with Gasteiger partial charge in [-0.3, -0.25) is 14.9 Å². The summed E-state index contributed by atoms with van der Waals surface area (Å²) in [5, 5.41) is 0. The maximum absolute atomic E-state index is 6.09. The van der Waals surface area contributed by atoms with E-state index in [1.807, 2.05) is 25.5 Å². The third kappa shape index (κ3) is 3.41. The summed E-state index contributed by atoms with van der Waals surface area (Å²) in [7, 11) is 2.15. The number of likely N-dealkylation sites (tertiary alicyclic amines) is 1. The zero-order valence-electron chi connectivity index (χ0n) is 13.7. The van der Waals surface area contributed by atoms with E-state index in [9.17, 15) is 0 Å². The molecule has 0 unspecified atom stereocenters. The van der Waals surface area contributed by atoms with Gasteiger partial charge in [0.2, 0.25) is 0 Å². The molecule has 6 heteroatoms. The van der Waals surface area contributed by atoms with Crippen molar-refractivity contribution in [2.24, 2.45) is 0 Å². The van der Waals surface area contributed by atoms with Crippen molar-refractivity contribution in [3.05, 3.63) is 48.1 Å². The van der Waals surface area contributed by atoms with Gasteiger partial charge in [-0.15, -0.1) is 24.8 Å². The minimum Gasteiger partial charge on any atom is -0.458 e. The van der Waals surface area contributed by atoms with Crippen molar-refractivity contribution in [3.8, 4) is 11.1 Å². The quantitative estimate of drug-likeness (QED) is 0.653. The minimum absolute atomic E-state index is 0. The predicted octanol–water partition coefficient (Wildman–Crippen LogP) is 4.81. The number of nitrogens with zero attached hydrogens (tertiary/aromatic N) is 3. The summed E-state index contributed by atoms with van der Waals surface area (Å²) >= 11 is 0. The Bertz CT molecular complexity index is 834. The first-order valence-corrected chi connectivity index (χ1v) is 7.72. The maximum atomic E-state index is 6.09. The molecule has 4 heterocycles. The van der Waals surface area contributed by atoms with Crippen molar-refractivity contribution in [1.29, 1.82) is 0 Å². The molecule has 1 fully saturated rings. The summed E-state index contributed by atoms with van der Waals surface area (Å²) in [5.41, 5.74) is 5.05. The molecule has 0 aromatic carbocycles. The van der Waals surface area contributed by atoms with E-state index in [1.165, 1.54) is 6.42 Å². The lowest BCUT2D eigenvalue weighted by Gasteiger charge is -2.16. The van der Waals surface area contributed by atoms with Crippen molar-refractivity contribution in [2.75, 3.05) is 13.6 Å². The van der Waals surface area contributed by atoms with Gasteiger partial charge in [-0.05, 0) is 51.1 Å². The molecule has 3 aromatic rings. The molecular weight excluding hydrogens is 345 g/mol. The number of hydrogen-bond acceptors (Lipinski definition) is 4. The second-order valence-electron chi connectivity index (χ2n) is 6.15. The fraction of sp³-hybridized carbons (Fsp3) is 0.333. The van der Waals surface area contributed by atoms with E-state index in [0.29, 0.717) is 6.04 Å². The SMILES string of the molecule is Cc1cncc(-c2cnc3cc([C@H]4CCCN4C)oc3c2)c1.Cl.Cl. The van der Waals surface area contributed by atoms with Crippen LogP contribution in [-0.4, -0.2) is 28.5 Å². The Morgan fingerprint density at radius 2 is 1.88 bits per heavy atom. The van der Waals surface area contributed by atoms with Crippen molar-refractivity contribution < 1.29 is 4.42 Å². The van der Waals surface area contributed by atoms with Crippen LogP contribution in [0.5, 0.6) is 0 Å². The molecule has 1 aliphatic heterocycles. The Kier molecular flexibility index (Phi) is 5.86. The number of furan rings is 1. The van der Waals surface area contributed by atoms with Crippen molar-refractivity contribution in [2.45, 2.75) is 25.8 Å². The summed E-state index contributed by atoms with van der Waals surface area (Å²) in [4.78, 5) is 11.2. The van der Waals surface area contributed by atoms with Gasteiger partial charge in [0, 0.05) is 35.8 Å². The monoisotopic (exact) mass is 365 g/mol. The first-order valence-electron chi connectivity index (χ1n) is 7.72. The summed E-state index contributed by atoms with van der Waals surface area (Å²) in [6, 6.07) is 6.65. The van der Waals surface area contributed by atoms with Gasteiger partial charge in [-0.25, -0.2) is 0 Å². The summed E-state index contributed by atoms with van der Waals surface area (Å²) in [5.74, 6) is 1.03. The molecule has 1 saturated heterocycles. The Morgan fingerprint density at radius 1 is 1.08 bits per heavy atom. The number of halogens is 2. The van der Waals surface area contributed by atoms with Gasteiger partial charge in [0.05, 0.1) is 6.04 Å². The zero-order valence-corrected chi connectivity index (χ0v) is 15.4. The Hall–Kier alpha value is -1.62. The molecule has 0 spiro atoms. The van der Waals surface area contributed by atoms with Gasteiger partial charge in [0.25, 0.3) is 0 Å². The molecule has 0 N–H and O–H groups in total. The van der Waals surface area contributed by atoms with Crippen LogP contribution < -0.4 is 0 Å². The van der Waals surface area contributed by atoms with Crippen LogP contribution in [0.15, 0.2) is 41.2 Å². The van der Waals surface area contributed by atoms with Crippen LogP contribution in [0.3, 0.4) is 0 Å². The molecular formula is C18H21Cl2N3O. The van der Waals surface area contributed by atoms with E-state index in [1.54, 1.807) is 0 Å². The highest BCUT2D eigenvalue weighted by Gasteiger charge is 2.26. The fourth-order valence-corrected chi connectivity index (χ4v) is 3.24. The van der Waals surface area contributed by atoms with E-state index >= 15 is 0 Å². The van der Waals surface area contributed by atoms with Gasteiger partial charge in [0.1, 0.15) is 11.3 Å². The lowest BCUT2D eigenvalue weighted by atomic mass is 10.1. The van der Waals surface area contributed by atoms with Crippen LogP contribution in [0.25, 0.3) is 22.2 Å². The first-order chi connectivity index (χ1) is 10.7. The minimum atomic E-state index is 0. The van der Waals surface area contributed by atoms with Crippen LogP contribution >= 0.6 is 24.8 Å². The lowest BCUT2D eigenvalue weighted by molar-refractivity contribution is 0.281. The number of pyridine rings is 2. The van der Waals surface area contributed by atoms with Gasteiger partial charge in [0.15, 0.2) is 5.58 Å². The number of fused-ring (bicyclic) bond motifs is 1. The highest BCUT2D eigenvalue weighted by atomic mass is 35.5. The van der Waals surface area contributed by atoms with Crippen LogP contribution in [0.1, 0.15) is 30.2 Å². The Balaban J connectivity index is 0.00000104. The summed E-state index contributed by atoms with van der Waals surface area (Å²) in [6.07, 6.45) is 8.01. The predicted molar refractivity (Wildman–Crippen MR) is 101 cm³/mol. The topological polar surface area (TPSA) is 42.2 Å². The van der Waals surface area contributed by atoms with Gasteiger partial charge in [-0.1, -0.05) is 0 Å². The average molecular weight is 366 g/mol. The van der Waals surface area contributed by atoms with E-state index in [-0.39, 0.29) is 24.8 Å². The fourth-order valence-electron chi connectivity index (χ4n) is 3.24. The second kappa shape index (κ2) is 7.51. The second-order valence-corrected chi connectivity index (χ2v) is 6.15. The highest BCUT2D eigenvalue weighted by molar-refractivity contribution is 5.85. The van der Waals surface area contributed by atoms with Gasteiger partial charge >= 0.3 is 0 Å². The molecule has 0 bridgehead atoms. The van der Waals surface area contributed by atoms with E-state index in [4.69, 9.17) is 4.42 Å². The zero-order chi connectivity index (χ0) is 15.1. The molecule has 0 aliphatic carbocycles. The van der Waals surface area contributed by atoms with Crippen LogP contribution in [0, 0.1) is 6.92 Å². The van der Waals surface area contributed by atoms with Gasteiger partial charge < -0.3 is 4.42 Å². The number of rotatable bonds is 2. The molecule has 0 saturated carbocycles. The maximum Gasteiger partial charge on any atom is 0.153 e. The molecule has 128 valence electrons. The smallest absolute Gasteiger partial charge is 0.153 e. The van der Waals surface area contributed by atoms with Crippen LogP contribution in [0.4, 0.5) is 0 Å². The molecule has 0 amide bonds. The molecule has 1 aliphatic rings. The van der Waals surface area contributed by atoms with Crippen molar-refractivity contribution in [3.63, 3.8) is 0 Å². The Morgan fingerprint density at radius 3 is 2.58 bits per heavy atom. The third-order valence-electron chi connectivity index (χ3n) is 4.45. The van der Waals surface area contributed by atoms with Crippen LogP contribution in [-0.2, 0) is 0 Å². The normalized spacial score (nSPS) is 17.5. The molecule has 24 heavy (non-hydrogen) atoms. The highest BCUT2D eigenvalue weighted by Crippen LogP contribution is 2.34. The van der Waals surface area contributed by atoms with E-state index < -0.39 is 0 Å².